The summed E-state index contributed by atoms with van der Waals surface area (Å²) in [6.07, 6.45) is -6.05. The van der Waals surface area contributed by atoms with E-state index in [-0.39, 0.29) is 6.90 Å². The van der Waals surface area contributed by atoms with Gasteiger partial charge < -0.3 is 24.4 Å². The van der Waals surface area contributed by atoms with Crippen molar-refractivity contribution in [2.24, 2.45) is 0 Å². The predicted octanol–water partition coefficient (Wildman–Crippen LogP) is 0.325. The Morgan fingerprint density at radius 3 is 2.75 bits per heavy atom. The average molecular weight is 284 g/mol. The molecule has 0 aromatic heterocycles. The zero-order valence-electron chi connectivity index (χ0n) is 12.7. The topological polar surface area (TPSA) is 85.2 Å². The van der Waals surface area contributed by atoms with Crippen LogP contribution in [0.3, 0.4) is 0 Å². The van der Waals surface area contributed by atoms with Gasteiger partial charge in [-0.15, -0.1) is 0 Å². The summed E-state index contributed by atoms with van der Waals surface area (Å²) in [6, 6.07) is 8.23. The quantitative estimate of drug-likeness (QED) is 0.775. The van der Waals surface area contributed by atoms with Crippen molar-refractivity contribution in [2.75, 3.05) is 7.09 Å². The predicted molar refractivity (Wildman–Crippen MR) is 69.0 cm³/mol. The Bertz CT molecular complexity index is 485. The molecule has 1 heterocycles. The highest BCUT2D eigenvalue weighted by Gasteiger charge is 2.46. The maximum atomic E-state index is 12.0. The molecule has 1 saturated heterocycles. The number of aliphatic hydroxyl groups excluding tert-OH is 2. The fourth-order valence-electron chi connectivity index (χ4n) is 1.96. The molecule has 110 valence electrons. The number of hydrogen-bond acceptors (Lipinski definition) is 6. The maximum Gasteiger partial charge on any atom is 0.338 e. The number of methoxy groups -OCH3 is 1. The number of rotatable bonds is 4. The van der Waals surface area contributed by atoms with E-state index in [1.807, 2.05) is 0 Å². The van der Waals surface area contributed by atoms with Crippen LogP contribution in [0.5, 0.6) is 0 Å². The molecule has 0 saturated carbocycles. The molecular weight excluding hydrogens is 264 g/mol. The van der Waals surface area contributed by atoms with Crippen LogP contribution in [-0.4, -0.2) is 54.0 Å². The third-order valence-corrected chi connectivity index (χ3v) is 3.06. The molecule has 2 unspecified atom stereocenters. The van der Waals surface area contributed by atoms with Gasteiger partial charge in [0, 0.05) is 8.46 Å². The number of carbonyl (C=O) groups excluding carboxylic acids is 1. The van der Waals surface area contributed by atoms with Gasteiger partial charge in [-0.25, -0.2) is 4.79 Å². The summed E-state index contributed by atoms with van der Waals surface area (Å²) < 4.78 is 29.7. The van der Waals surface area contributed by atoms with E-state index >= 15 is 0 Å². The highest BCUT2D eigenvalue weighted by Crippen LogP contribution is 2.25. The minimum Gasteiger partial charge on any atom is -0.456 e. The molecule has 0 radical (unpaired) electrons. The zero-order chi connectivity index (χ0) is 16.1. The van der Waals surface area contributed by atoms with Crippen LogP contribution in [0.15, 0.2) is 30.3 Å². The first-order valence-electron chi connectivity index (χ1n) is 7.47. The molecule has 1 fully saturated rings. The van der Waals surface area contributed by atoms with Gasteiger partial charge >= 0.3 is 5.97 Å². The van der Waals surface area contributed by atoms with Crippen molar-refractivity contribution in [1.29, 1.82) is 0 Å². The molecule has 0 bridgehead atoms. The van der Waals surface area contributed by atoms with Gasteiger partial charge in [-0.2, -0.15) is 0 Å². The summed E-state index contributed by atoms with van der Waals surface area (Å²) in [4.78, 5) is 12.0. The van der Waals surface area contributed by atoms with Gasteiger partial charge in [0.05, 0.1) is 6.93 Å². The first kappa shape index (κ1) is 12.3. The fraction of sp³-hybridized carbons (Fsp3) is 0.500. The number of esters is 1. The van der Waals surface area contributed by atoms with Gasteiger partial charge in [-0.3, -0.25) is 0 Å². The molecule has 20 heavy (non-hydrogen) atoms. The molecule has 0 spiro atoms. The zero-order valence-corrected chi connectivity index (χ0v) is 10.7. The molecule has 1 aromatic carbocycles. The van der Waals surface area contributed by atoms with E-state index in [4.69, 9.17) is 17.0 Å². The van der Waals surface area contributed by atoms with Crippen LogP contribution in [0.2, 0.25) is 0 Å². The Hall–Kier alpha value is -1.47. The lowest BCUT2D eigenvalue weighted by Gasteiger charge is -2.22. The van der Waals surface area contributed by atoms with Gasteiger partial charge in [0.25, 0.3) is 0 Å². The molecular formula is C14H18O6. The summed E-state index contributed by atoms with van der Waals surface area (Å²) in [5, 5.41) is 19.7. The lowest BCUT2D eigenvalue weighted by molar-refractivity contribution is -0.162. The molecule has 1 aliphatic rings. The second-order valence-electron chi connectivity index (χ2n) is 4.43. The molecule has 1 aromatic rings. The molecule has 2 N–H and O–H groups in total. The van der Waals surface area contributed by atoms with Crippen molar-refractivity contribution < 1.29 is 32.0 Å². The standard InChI is InChI=1S/C14H18O6/c1-8(12-10(15)11(16)14(18-2)20-12)19-13(17)9-6-4-3-5-7-9/h3-8,10-12,14-16H,1-2H3/t8?,10-,11+,12+,14?/m0/s1/i1D,2D. The minimum absolute atomic E-state index is 0.313. The third kappa shape index (κ3) is 2.99. The number of aliphatic hydroxyl groups is 2. The van der Waals surface area contributed by atoms with Gasteiger partial charge in [0.15, 0.2) is 6.29 Å². The molecule has 1 aliphatic heterocycles. The summed E-state index contributed by atoms with van der Waals surface area (Å²) in [7, 11) is -0.448. The van der Waals surface area contributed by atoms with Crippen LogP contribution in [0.4, 0.5) is 0 Å². The van der Waals surface area contributed by atoms with Crippen LogP contribution in [0, 0.1) is 0 Å². The van der Waals surface area contributed by atoms with E-state index in [0.29, 0.717) is 5.56 Å². The highest BCUT2D eigenvalue weighted by molar-refractivity contribution is 5.89. The normalized spacial score (nSPS) is 32.3. The number of ether oxygens (including phenoxy) is 3. The van der Waals surface area contributed by atoms with Gasteiger partial charge in [-0.1, -0.05) is 18.2 Å². The Balaban J connectivity index is 2.04. The van der Waals surface area contributed by atoms with E-state index in [1.54, 1.807) is 30.3 Å². The minimum atomic E-state index is -1.37. The van der Waals surface area contributed by atoms with Crippen LogP contribution in [-0.2, 0) is 14.2 Å². The summed E-state index contributed by atoms with van der Waals surface area (Å²) >= 11 is 0. The lowest BCUT2D eigenvalue weighted by atomic mass is 10.1. The van der Waals surface area contributed by atoms with Crippen molar-refractivity contribution in [2.45, 2.75) is 37.6 Å². The van der Waals surface area contributed by atoms with Crippen LogP contribution < -0.4 is 0 Å². The number of carbonyl (C=O) groups is 1. The molecule has 0 aliphatic carbocycles. The first-order valence-corrected chi connectivity index (χ1v) is 6.06. The molecule has 2 rings (SSSR count). The van der Waals surface area contributed by atoms with Gasteiger partial charge in [0.1, 0.15) is 24.4 Å². The van der Waals surface area contributed by atoms with Crippen molar-refractivity contribution in [3.63, 3.8) is 0 Å². The maximum absolute atomic E-state index is 12.0. The number of hydrogen-bond donors (Lipinski definition) is 2. The highest BCUT2D eigenvalue weighted by atomic mass is 16.7. The fourth-order valence-corrected chi connectivity index (χ4v) is 1.96. The van der Waals surface area contributed by atoms with Crippen LogP contribution >= 0.6 is 0 Å². The summed E-state index contributed by atoms with van der Waals surface area (Å²) in [5.41, 5.74) is 0.313. The second kappa shape index (κ2) is 6.32. The van der Waals surface area contributed by atoms with E-state index in [2.05, 4.69) is 0 Å². The van der Waals surface area contributed by atoms with Crippen LogP contribution in [0.25, 0.3) is 0 Å². The molecule has 6 heteroatoms. The Labute approximate surface area is 119 Å². The van der Waals surface area contributed by atoms with Crippen molar-refractivity contribution >= 4 is 5.97 Å². The van der Waals surface area contributed by atoms with Crippen molar-refractivity contribution in [3.05, 3.63) is 35.9 Å². The largest absolute Gasteiger partial charge is 0.456 e. The Kier molecular flexibility index (Phi) is 3.88. The molecule has 6 nitrogen and oxygen atoms in total. The number of benzene rings is 1. The van der Waals surface area contributed by atoms with Crippen LogP contribution in [0.1, 0.15) is 20.0 Å². The Morgan fingerprint density at radius 1 is 1.35 bits per heavy atom. The summed E-state index contributed by atoms with van der Waals surface area (Å²) in [6.45, 7) is -0.347. The Morgan fingerprint density at radius 2 is 2.10 bits per heavy atom. The van der Waals surface area contributed by atoms with Gasteiger partial charge in [-0.05, 0) is 19.0 Å². The molecule has 5 atom stereocenters. The van der Waals surface area contributed by atoms with E-state index in [0.717, 1.165) is 0 Å². The van der Waals surface area contributed by atoms with Crippen molar-refractivity contribution in [3.8, 4) is 0 Å². The SMILES string of the molecule is [2H]COC1O[C@H](C(C[2H])OC(=O)c2ccccc2)[C@@H](O)[C@H]1O. The lowest BCUT2D eigenvalue weighted by Crippen LogP contribution is -2.39. The smallest absolute Gasteiger partial charge is 0.338 e. The third-order valence-electron chi connectivity index (χ3n) is 3.06. The molecule has 0 amide bonds. The monoisotopic (exact) mass is 284 g/mol. The first-order chi connectivity index (χ1) is 10.6. The second-order valence-corrected chi connectivity index (χ2v) is 4.43. The summed E-state index contributed by atoms with van der Waals surface area (Å²) in [5.74, 6) is -0.645. The van der Waals surface area contributed by atoms with E-state index < -0.39 is 43.8 Å². The van der Waals surface area contributed by atoms with E-state index in [1.165, 1.54) is 0 Å². The van der Waals surface area contributed by atoms with E-state index in [9.17, 15) is 15.0 Å². The average Bonchev–Trinajstić information content (AvgIpc) is 2.82. The van der Waals surface area contributed by atoms with Crippen molar-refractivity contribution in [1.82, 2.24) is 0 Å². The van der Waals surface area contributed by atoms with Gasteiger partial charge in [0.2, 0.25) is 0 Å².